The maximum absolute atomic E-state index is 12.5. The predicted octanol–water partition coefficient (Wildman–Crippen LogP) is 2.06. The van der Waals surface area contributed by atoms with Crippen molar-refractivity contribution in [2.45, 2.75) is 38.6 Å². The number of hydrogen-bond donors (Lipinski definition) is 2. The van der Waals surface area contributed by atoms with E-state index in [1.54, 1.807) is 6.07 Å². The second-order valence-electron chi connectivity index (χ2n) is 5.91. The molecule has 0 aliphatic heterocycles. The molecule has 0 bridgehead atoms. The molecule has 3 N–H and O–H groups in total. The molecule has 0 spiro atoms. The zero-order valence-electron chi connectivity index (χ0n) is 12.8. The summed E-state index contributed by atoms with van der Waals surface area (Å²) in [6, 6.07) is 1.79. The quantitative estimate of drug-likeness (QED) is 0.878. The SMILES string of the molecule is CCc1noc2ncc(C(=O)NC(C)(CN)C3CC3)cc12.Cl. The van der Waals surface area contributed by atoms with Gasteiger partial charge in [-0.25, -0.2) is 4.98 Å². The largest absolute Gasteiger partial charge is 0.345 e. The van der Waals surface area contributed by atoms with Crippen molar-refractivity contribution in [3.63, 3.8) is 0 Å². The molecule has 3 rings (SSSR count). The van der Waals surface area contributed by atoms with E-state index in [9.17, 15) is 4.79 Å². The highest BCUT2D eigenvalue weighted by Crippen LogP contribution is 2.39. The van der Waals surface area contributed by atoms with Crippen molar-refractivity contribution in [3.05, 3.63) is 23.5 Å². The van der Waals surface area contributed by atoms with Crippen molar-refractivity contribution in [3.8, 4) is 0 Å². The minimum atomic E-state index is -0.339. The first-order chi connectivity index (χ1) is 10.1. The summed E-state index contributed by atoms with van der Waals surface area (Å²) >= 11 is 0. The number of carbonyl (C=O) groups is 1. The number of amides is 1. The summed E-state index contributed by atoms with van der Waals surface area (Å²) in [6.45, 7) is 4.43. The molecule has 0 aromatic carbocycles. The minimum absolute atomic E-state index is 0. The molecule has 0 radical (unpaired) electrons. The Bertz CT molecular complexity index is 683. The number of nitrogens with one attached hydrogen (secondary N) is 1. The molecule has 1 aliphatic carbocycles. The molecule has 1 unspecified atom stereocenters. The van der Waals surface area contributed by atoms with Gasteiger partial charge in [-0.2, -0.15) is 0 Å². The Labute approximate surface area is 135 Å². The van der Waals surface area contributed by atoms with Crippen molar-refractivity contribution in [2.75, 3.05) is 6.54 Å². The molecule has 1 saturated carbocycles. The van der Waals surface area contributed by atoms with Crippen LogP contribution in [0.2, 0.25) is 0 Å². The van der Waals surface area contributed by atoms with Crippen molar-refractivity contribution in [1.82, 2.24) is 15.5 Å². The number of fused-ring (bicyclic) bond motifs is 1. The zero-order chi connectivity index (χ0) is 15.0. The second kappa shape index (κ2) is 6.22. The van der Waals surface area contributed by atoms with Crippen molar-refractivity contribution in [1.29, 1.82) is 0 Å². The number of aromatic nitrogens is 2. The van der Waals surface area contributed by atoms with Crippen LogP contribution in [0.4, 0.5) is 0 Å². The summed E-state index contributed by atoms with van der Waals surface area (Å²) in [5.41, 5.74) is 7.29. The lowest BCUT2D eigenvalue weighted by molar-refractivity contribution is 0.0897. The van der Waals surface area contributed by atoms with Crippen LogP contribution >= 0.6 is 12.4 Å². The number of aryl methyl sites for hydroxylation is 1. The van der Waals surface area contributed by atoms with Gasteiger partial charge < -0.3 is 15.6 Å². The summed E-state index contributed by atoms with van der Waals surface area (Å²) in [5, 5.41) is 7.81. The first-order valence-electron chi connectivity index (χ1n) is 7.34. The van der Waals surface area contributed by atoms with Crippen molar-refractivity contribution < 1.29 is 9.32 Å². The van der Waals surface area contributed by atoms with Crippen LogP contribution in [0.3, 0.4) is 0 Å². The van der Waals surface area contributed by atoms with Gasteiger partial charge in [0, 0.05) is 12.7 Å². The van der Waals surface area contributed by atoms with Crippen LogP contribution in [0.1, 0.15) is 42.7 Å². The third kappa shape index (κ3) is 2.94. The topological polar surface area (TPSA) is 94.0 Å². The van der Waals surface area contributed by atoms with Gasteiger partial charge in [0.2, 0.25) is 0 Å². The molecule has 2 heterocycles. The lowest BCUT2D eigenvalue weighted by atomic mass is 9.95. The number of rotatable bonds is 5. The fourth-order valence-corrected chi connectivity index (χ4v) is 2.63. The Morgan fingerprint density at radius 2 is 2.27 bits per heavy atom. The van der Waals surface area contributed by atoms with Crippen LogP contribution in [0.15, 0.2) is 16.8 Å². The molecule has 1 amide bonds. The van der Waals surface area contributed by atoms with E-state index < -0.39 is 0 Å². The van der Waals surface area contributed by atoms with E-state index in [2.05, 4.69) is 15.5 Å². The standard InChI is InChI=1S/C15H20N4O2.ClH/c1-3-12-11-6-9(7-17-14(11)21-19-12)13(20)18-15(2,8-16)10-4-5-10;/h6-7,10H,3-5,8,16H2,1-2H3,(H,18,20);1H. The Balaban J connectivity index is 0.00000176. The van der Waals surface area contributed by atoms with E-state index in [-0.39, 0.29) is 23.9 Å². The van der Waals surface area contributed by atoms with Crippen LogP contribution in [-0.4, -0.2) is 28.1 Å². The number of hydrogen-bond acceptors (Lipinski definition) is 5. The summed E-state index contributed by atoms with van der Waals surface area (Å²) in [5.74, 6) is 0.331. The molecular formula is C15H21ClN4O2. The van der Waals surface area contributed by atoms with E-state index in [1.165, 1.54) is 6.20 Å². The fraction of sp³-hybridized carbons (Fsp3) is 0.533. The van der Waals surface area contributed by atoms with Crippen LogP contribution in [-0.2, 0) is 6.42 Å². The molecule has 0 saturated heterocycles. The normalized spacial score (nSPS) is 16.9. The molecular weight excluding hydrogens is 304 g/mol. The van der Waals surface area contributed by atoms with Crippen LogP contribution in [0, 0.1) is 5.92 Å². The number of pyridine rings is 1. The predicted molar refractivity (Wildman–Crippen MR) is 86.1 cm³/mol. The van der Waals surface area contributed by atoms with Gasteiger partial charge in [-0.15, -0.1) is 12.4 Å². The van der Waals surface area contributed by atoms with Gasteiger partial charge in [0.05, 0.1) is 22.2 Å². The van der Waals surface area contributed by atoms with E-state index >= 15 is 0 Å². The van der Waals surface area contributed by atoms with Gasteiger partial charge >= 0.3 is 0 Å². The molecule has 2 aromatic rings. The summed E-state index contributed by atoms with van der Waals surface area (Å²) in [7, 11) is 0. The van der Waals surface area contributed by atoms with Gasteiger partial charge in [0.25, 0.3) is 11.6 Å². The number of nitrogens with zero attached hydrogens (tertiary/aromatic N) is 2. The smallest absolute Gasteiger partial charge is 0.257 e. The first kappa shape index (κ1) is 16.7. The molecule has 6 nitrogen and oxygen atoms in total. The van der Waals surface area contributed by atoms with E-state index in [4.69, 9.17) is 10.3 Å². The molecule has 1 aliphatic rings. The number of carbonyl (C=O) groups excluding carboxylic acids is 1. The van der Waals surface area contributed by atoms with Gasteiger partial charge in [-0.3, -0.25) is 4.79 Å². The Hall–Kier alpha value is -1.66. The van der Waals surface area contributed by atoms with Crippen LogP contribution in [0.5, 0.6) is 0 Å². The van der Waals surface area contributed by atoms with Gasteiger partial charge in [0.1, 0.15) is 0 Å². The highest BCUT2D eigenvalue weighted by atomic mass is 35.5. The highest BCUT2D eigenvalue weighted by molar-refractivity contribution is 5.97. The van der Waals surface area contributed by atoms with E-state index in [0.29, 0.717) is 23.7 Å². The lowest BCUT2D eigenvalue weighted by Crippen LogP contribution is -2.53. The van der Waals surface area contributed by atoms with Crippen molar-refractivity contribution in [2.24, 2.45) is 11.7 Å². The number of halogens is 1. The first-order valence-corrected chi connectivity index (χ1v) is 7.34. The molecule has 2 aromatic heterocycles. The average molecular weight is 325 g/mol. The third-order valence-electron chi connectivity index (χ3n) is 4.30. The van der Waals surface area contributed by atoms with E-state index in [1.807, 2.05) is 13.8 Å². The molecule has 1 fully saturated rings. The minimum Gasteiger partial charge on any atom is -0.345 e. The fourth-order valence-electron chi connectivity index (χ4n) is 2.63. The summed E-state index contributed by atoms with van der Waals surface area (Å²) < 4.78 is 5.13. The summed E-state index contributed by atoms with van der Waals surface area (Å²) in [6.07, 6.45) is 4.50. The third-order valence-corrected chi connectivity index (χ3v) is 4.30. The molecule has 120 valence electrons. The average Bonchev–Trinajstić information content (AvgIpc) is 3.27. The maximum atomic E-state index is 12.5. The lowest BCUT2D eigenvalue weighted by Gasteiger charge is -2.29. The highest BCUT2D eigenvalue weighted by Gasteiger charge is 2.41. The molecule has 7 heteroatoms. The Kier molecular flexibility index (Phi) is 4.72. The van der Waals surface area contributed by atoms with Gasteiger partial charge in [0.15, 0.2) is 0 Å². The Morgan fingerprint density at radius 1 is 1.55 bits per heavy atom. The number of nitrogens with two attached hydrogens (primary N) is 1. The van der Waals surface area contributed by atoms with Crippen molar-refractivity contribution >= 4 is 29.4 Å². The zero-order valence-corrected chi connectivity index (χ0v) is 13.6. The Morgan fingerprint density at radius 3 is 2.86 bits per heavy atom. The van der Waals surface area contributed by atoms with Gasteiger partial charge in [-0.1, -0.05) is 12.1 Å². The van der Waals surface area contributed by atoms with Crippen LogP contribution in [0.25, 0.3) is 11.1 Å². The second-order valence-corrected chi connectivity index (χ2v) is 5.91. The van der Waals surface area contributed by atoms with Crippen LogP contribution < -0.4 is 11.1 Å². The van der Waals surface area contributed by atoms with Gasteiger partial charge in [-0.05, 0) is 38.2 Å². The molecule has 1 atom stereocenters. The van der Waals surface area contributed by atoms with E-state index in [0.717, 1.165) is 30.3 Å². The maximum Gasteiger partial charge on any atom is 0.257 e. The summed E-state index contributed by atoms with van der Waals surface area (Å²) in [4.78, 5) is 16.6. The molecule has 22 heavy (non-hydrogen) atoms. The monoisotopic (exact) mass is 324 g/mol.